The summed E-state index contributed by atoms with van der Waals surface area (Å²) in [6, 6.07) is -3.90. The zero-order chi connectivity index (χ0) is 99.0. The quantitative estimate of drug-likeness (QED) is 0.0253. The Labute approximate surface area is 731 Å². The second-order valence-corrected chi connectivity index (χ2v) is 36.3. The minimum Gasteiger partial charge on any atom is -0.496 e. The third-order valence-electron chi connectivity index (χ3n) is 14.3. The van der Waals surface area contributed by atoms with E-state index in [-0.39, 0.29) is 148 Å². The average molecular weight is 1800 g/mol. The maximum atomic E-state index is 11.7. The Hall–Kier alpha value is -10.6. The summed E-state index contributed by atoms with van der Waals surface area (Å²) >= 11 is 0. The molecule has 1 aliphatic rings. The predicted molar refractivity (Wildman–Crippen MR) is 457 cm³/mol. The number of ether oxygens (including phenoxy) is 2. The third kappa shape index (κ3) is 88.1. The van der Waals surface area contributed by atoms with Gasteiger partial charge in [-0.15, -0.1) is 0 Å². The number of hydrogen-bond donors (Lipinski definition) is 24. The van der Waals surface area contributed by atoms with Gasteiger partial charge in [0, 0.05) is 95.6 Å². The summed E-state index contributed by atoms with van der Waals surface area (Å²) in [5.41, 5.74) is -1.70. The van der Waals surface area contributed by atoms with Crippen molar-refractivity contribution in [3.05, 3.63) is 30.3 Å². The maximum Gasteiger partial charge on any atom is 0.343 e. The van der Waals surface area contributed by atoms with Crippen LogP contribution in [-0.4, -0.2) is 293 Å². The van der Waals surface area contributed by atoms with Crippen molar-refractivity contribution in [3.63, 3.8) is 0 Å². The minimum absolute atomic E-state index is 0.0135. The number of carbonyl (C=O) groups is 17. The summed E-state index contributed by atoms with van der Waals surface area (Å²) in [5.74, 6) is -14.1. The molecular formula is C80H146N14O31. The normalized spacial score (nSPS) is 13.8. The lowest BCUT2D eigenvalue weighted by Crippen LogP contribution is -2.53. The molecule has 0 fully saturated rings. The lowest BCUT2D eigenvalue weighted by molar-refractivity contribution is -0.146. The lowest BCUT2D eigenvalue weighted by Gasteiger charge is -2.29. The van der Waals surface area contributed by atoms with Crippen LogP contribution < -0.4 is 63.8 Å². The number of carbonyl (C=O) groups excluding carboxylic acids is 5. The number of amides is 4. The van der Waals surface area contributed by atoms with Gasteiger partial charge in [-0.05, 0) is 211 Å². The molecule has 1 aliphatic heterocycles. The molecule has 45 heteroatoms. The second-order valence-electron chi connectivity index (χ2n) is 36.3. The van der Waals surface area contributed by atoms with Crippen molar-refractivity contribution in [2.45, 2.75) is 337 Å². The molecule has 1 aromatic heterocycles. The SMILES string of the molecule is CC(C)(C)NC(C(=O)O)C1CC=CO1.CC(C)(C)NC(C(=O)O)n1cc(C(=O)O)cn1.CC(C)(C)NC(CC(=O)O)C(=O)O.CC(C)(C)NCC(=O)NC(CCC(=O)O)C(=O)O.CC(C)(C)NCC(=O)NC(CCCC(=O)O)C(=O)O.CC(C)(C)NCC(=O)NCC(=O)NC(CCCC(=O)O)OC=O.CC(C)(C)NCCC(=O)O.CC(C)(C)NCCCC(=O)O. The van der Waals surface area contributed by atoms with E-state index < -0.39 is 143 Å². The molecule has 0 aliphatic carbocycles. The van der Waals surface area contributed by atoms with E-state index in [9.17, 15) is 81.5 Å². The number of hydrogen-bond acceptors (Lipinski definition) is 28. The van der Waals surface area contributed by atoms with Crippen molar-refractivity contribution in [1.82, 2.24) is 73.6 Å². The molecule has 0 aromatic carbocycles. The van der Waals surface area contributed by atoms with E-state index in [0.29, 0.717) is 19.4 Å². The molecule has 7 atom stereocenters. The van der Waals surface area contributed by atoms with Crippen molar-refractivity contribution in [3.8, 4) is 0 Å². The van der Waals surface area contributed by atoms with Crippen LogP contribution in [0.5, 0.6) is 0 Å². The fourth-order valence-corrected chi connectivity index (χ4v) is 8.70. The van der Waals surface area contributed by atoms with Gasteiger partial charge in [0.15, 0.2) is 12.4 Å². The average Bonchev–Trinajstić information content (AvgIpc) is 1.72. The first kappa shape index (κ1) is 125. The van der Waals surface area contributed by atoms with Gasteiger partial charge in [-0.1, -0.05) is 0 Å². The van der Waals surface area contributed by atoms with E-state index in [1.165, 1.54) is 6.20 Å². The Balaban J connectivity index is -0.000000328. The van der Waals surface area contributed by atoms with Gasteiger partial charge in [-0.3, -0.25) is 78.3 Å². The fourth-order valence-electron chi connectivity index (χ4n) is 8.70. The topological polar surface area (TPSA) is 714 Å². The van der Waals surface area contributed by atoms with Gasteiger partial charge >= 0.3 is 71.6 Å². The lowest BCUT2D eigenvalue weighted by atomic mass is 10.0. The summed E-state index contributed by atoms with van der Waals surface area (Å²) < 4.78 is 10.9. The number of aliphatic carboxylic acids is 11. The Morgan fingerprint density at radius 2 is 0.800 bits per heavy atom. The van der Waals surface area contributed by atoms with Crippen LogP contribution in [-0.2, 0) is 86.2 Å². The van der Waals surface area contributed by atoms with E-state index in [1.54, 1.807) is 27.0 Å². The van der Waals surface area contributed by atoms with E-state index in [2.05, 4.69) is 94.4 Å². The Kier molecular flexibility index (Phi) is 62.6. The van der Waals surface area contributed by atoms with Crippen LogP contribution in [0.15, 0.2) is 24.7 Å². The van der Waals surface area contributed by atoms with Gasteiger partial charge < -0.3 is 119 Å². The number of aromatic carboxylic acids is 1. The van der Waals surface area contributed by atoms with Crippen LogP contribution in [0.25, 0.3) is 0 Å². The van der Waals surface area contributed by atoms with Crippen LogP contribution >= 0.6 is 0 Å². The van der Waals surface area contributed by atoms with Crippen molar-refractivity contribution in [2.24, 2.45) is 0 Å². The van der Waals surface area contributed by atoms with Gasteiger partial charge in [0.1, 0.15) is 30.3 Å². The number of carboxylic acids is 12. The number of aromatic nitrogens is 2. The Morgan fingerprint density at radius 3 is 1.14 bits per heavy atom. The highest BCUT2D eigenvalue weighted by atomic mass is 16.5. The standard InChI is InChI=1S/C14H25N3O6.C12H22N2O5.C11H20N2O5.C10H15N3O4.C10H17NO3.C8H15NO4.C8H17NO2.C7H15NO2/c1-14(2,3)16-8-10(19)15-7-11(20)17-12(23-9-18)5-4-6-13(21)22;1-12(2,3)13-7-9(15)14-8(11(18)19)5-4-6-10(16)17;1-11(2,3)12-6-8(14)13-7(10(17)18)4-5-9(15)16;1-10(2,3)12-7(9(16)17)13-5-6(4-11-13)8(14)15;1-10(2,3)11-8(9(12)13)7-5-4-6-14-7;1-8(2,3)9-5(7(12)13)4-6(10)11;1-8(2,3)9-6-4-5-7(10)11;1-7(2,3)8-5-4-6(9)10/h9,12,16H,4-8H2,1-3H3,(H,15,19)(H,17,20)(H,21,22);8,13H,4-7H2,1-3H3,(H,14,15)(H,16,17)(H,18,19);7,12H,4-6H2,1-3H3,(H,13,14)(H,15,16)(H,17,18);4-5,7,12H,1-3H3,(H,14,15)(H,16,17);4,6-8,11H,5H2,1-3H3,(H,12,13);5,9H,4H2,1-3H3,(H,10,11)(H,12,13);9H,4-6H2,1-3H3,(H,10,11);8H,4-5H2,1-3H3,(H,9,10). The monoisotopic (exact) mass is 1800 g/mol. The molecule has 4 amide bonds. The highest BCUT2D eigenvalue weighted by molar-refractivity contribution is 5.88. The molecule has 1 aromatic rings. The van der Waals surface area contributed by atoms with Gasteiger partial charge in [0.2, 0.25) is 23.6 Å². The third-order valence-corrected chi connectivity index (χ3v) is 14.3. The first-order chi connectivity index (χ1) is 56.5. The van der Waals surface area contributed by atoms with Gasteiger partial charge in [0.25, 0.3) is 6.47 Å². The molecule has 0 saturated carbocycles. The largest absolute Gasteiger partial charge is 0.496 e. The van der Waals surface area contributed by atoms with Crippen molar-refractivity contribution in [1.29, 1.82) is 0 Å². The zero-order valence-corrected chi connectivity index (χ0v) is 76.9. The van der Waals surface area contributed by atoms with Crippen LogP contribution in [0.1, 0.15) is 266 Å². The second kappa shape index (κ2) is 62.5. The molecule has 2 rings (SSSR count). The summed E-state index contributed by atoms with van der Waals surface area (Å²) in [6.07, 6.45) is 4.88. The van der Waals surface area contributed by atoms with Gasteiger partial charge in [0.05, 0.1) is 57.0 Å². The smallest absolute Gasteiger partial charge is 0.343 e. The van der Waals surface area contributed by atoms with Crippen LogP contribution in [0.3, 0.4) is 0 Å². The van der Waals surface area contributed by atoms with Crippen molar-refractivity contribution >= 4 is 102 Å². The van der Waals surface area contributed by atoms with Crippen LogP contribution in [0.4, 0.5) is 0 Å². The molecule has 0 spiro atoms. The molecule has 0 saturated heterocycles. The van der Waals surface area contributed by atoms with E-state index in [0.717, 1.165) is 17.4 Å². The highest BCUT2D eigenvalue weighted by Gasteiger charge is 2.34. The van der Waals surface area contributed by atoms with Crippen LogP contribution in [0, 0.1) is 0 Å². The molecule has 45 nitrogen and oxygen atoms in total. The molecule has 2 heterocycles. The van der Waals surface area contributed by atoms with Gasteiger partial charge in [-0.25, -0.2) is 23.9 Å². The molecule has 0 radical (unpaired) electrons. The van der Waals surface area contributed by atoms with E-state index >= 15 is 0 Å². The Bertz CT molecular complexity index is 3510. The highest BCUT2D eigenvalue weighted by Crippen LogP contribution is 2.17. The molecular weight excluding hydrogens is 1650 g/mol. The fraction of sp³-hybridized carbons (Fsp3) is 0.725. The maximum absolute atomic E-state index is 11.7. The summed E-state index contributed by atoms with van der Waals surface area (Å²) in [5, 5.41) is 141. The van der Waals surface area contributed by atoms with Crippen molar-refractivity contribution < 1.29 is 152 Å². The summed E-state index contributed by atoms with van der Waals surface area (Å²) in [4.78, 5) is 183. The summed E-state index contributed by atoms with van der Waals surface area (Å²) in [7, 11) is 0. The predicted octanol–water partition coefficient (Wildman–Crippen LogP) is 3.44. The van der Waals surface area contributed by atoms with Crippen molar-refractivity contribution in [2.75, 3.05) is 39.3 Å². The van der Waals surface area contributed by atoms with Gasteiger partial charge in [-0.2, -0.15) is 5.10 Å². The summed E-state index contributed by atoms with van der Waals surface area (Å²) in [6.45, 7) is 47.1. The Morgan fingerprint density at radius 1 is 0.416 bits per heavy atom. The number of nitrogens with zero attached hydrogens (tertiary/aromatic N) is 2. The number of nitrogens with one attached hydrogen (secondary N) is 12. The van der Waals surface area contributed by atoms with Crippen LogP contribution in [0.2, 0.25) is 0 Å². The first-order valence-corrected chi connectivity index (χ1v) is 39.9. The molecule has 722 valence electrons. The minimum atomic E-state index is -1.24. The van der Waals surface area contributed by atoms with E-state index in [1.807, 2.05) is 131 Å². The molecule has 24 N–H and O–H groups in total. The van der Waals surface area contributed by atoms with E-state index in [4.69, 9.17) is 66.0 Å². The molecule has 7 unspecified atom stereocenters. The zero-order valence-electron chi connectivity index (χ0n) is 76.9. The molecule has 125 heavy (non-hydrogen) atoms. The number of carboxylic acid groups (broad SMARTS) is 12. The first-order valence-electron chi connectivity index (χ1n) is 39.9. The number of rotatable bonds is 44. The molecule has 0 bridgehead atoms.